The first kappa shape index (κ1) is 34.4. The summed E-state index contributed by atoms with van der Waals surface area (Å²) in [6.45, 7) is 24.5. The Morgan fingerprint density at radius 3 is 2.26 bits per heavy atom. The van der Waals surface area contributed by atoms with E-state index in [1.54, 1.807) is 0 Å². The van der Waals surface area contributed by atoms with Crippen molar-refractivity contribution in [2.45, 2.75) is 98.1 Å². The Kier molecular flexibility index (Phi) is 7.74. The number of pyridine rings is 1. The number of fused-ring (bicyclic) bond motifs is 6. The van der Waals surface area contributed by atoms with Crippen LogP contribution in [-0.4, -0.2) is 21.0 Å². The van der Waals surface area contributed by atoms with E-state index in [-0.39, 0.29) is 31.9 Å². The number of para-hydroxylation sites is 1. The number of hydrogen-bond donors (Lipinski definition) is 0. The summed E-state index contributed by atoms with van der Waals surface area (Å²) < 4.78 is 9.44. The summed E-state index contributed by atoms with van der Waals surface area (Å²) in [5.41, 5.74) is 13.2. The average molecular weight is 839 g/mol. The number of nitrogens with zero attached hydrogens (tertiary/aromatic N) is 3. The van der Waals surface area contributed by atoms with Gasteiger partial charge in [-0.15, -0.1) is 47.0 Å². The van der Waals surface area contributed by atoms with Gasteiger partial charge in [0.1, 0.15) is 17.0 Å². The molecule has 0 radical (unpaired) electrons. The van der Waals surface area contributed by atoms with E-state index in [9.17, 15) is 0 Å². The Labute approximate surface area is 311 Å². The van der Waals surface area contributed by atoms with Crippen LogP contribution in [0.1, 0.15) is 93.0 Å². The monoisotopic (exact) mass is 838 g/mol. The second kappa shape index (κ2) is 11.2. The van der Waals surface area contributed by atoms with Crippen molar-refractivity contribution < 1.29 is 25.8 Å². The molecule has 0 N–H and O–H groups in total. The van der Waals surface area contributed by atoms with Crippen LogP contribution in [-0.2, 0) is 42.2 Å². The van der Waals surface area contributed by atoms with E-state index < -0.39 is 11.1 Å². The zero-order valence-corrected chi connectivity index (χ0v) is 33.3. The Hall–Kier alpha value is -4.01. The van der Waals surface area contributed by atoms with Crippen LogP contribution in [0, 0.1) is 39.8 Å². The normalized spacial score (nSPS) is 20.7. The molecule has 1 aliphatic heterocycles. The van der Waals surface area contributed by atoms with Crippen molar-refractivity contribution in [2.24, 2.45) is 4.99 Å². The quantitative estimate of drug-likeness (QED) is 0.167. The number of hydrogen-bond acceptors (Lipinski definition) is 3. The van der Waals surface area contributed by atoms with Crippen LogP contribution >= 0.6 is 0 Å². The second-order valence-electron chi connectivity index (χ2n) is 16.3. The fourth-order valence-corrected chi connectivity index (χ4v) is 8.76. The van der Waals surface area contributed by atoms with Crippen molar-refractivity contribution in [1.29, 1.82) is 0 Å². The van der Waals surface area contributed by atoms with Gasteiger partial charge in [0, 0.05) is 17.1 Å². The third-order valence-corrected chi connectivity index (χ3v) is 11.7. The minimum Gasteiger partial charge on any atom is -0.510 e. The van der Waals surface area contributed by atoms with E-state index in [0.717, 1.165) is 50.1 Å². The fraction of sp³-hybridized carbons (Fsp3) is 0.333. The summed E-state index contributed by atoms with van der Waals surface area (Å²) in [5.74, 6) is 0.662. The maximum absolute atomic E-state index is 7.13. The molecule has 8 rings (SSSR count). The van der Waals surface area contributed by atoms with Crippen molar-refractivity contribution in [3.8, 4) is 16.9 Å². The van der Waals surface area contributed by atoms with E-state index in [1.165, 1.54) is 33.2 Å². The summed E-state index contributed by atoms with van der Waals surface area (Å²) in [4.78, 5) is 10.3. The molecule has 6 aromatic rings. The van der Waals surface area contributed by atoms with Crippen LogP contribution in [0.15, 0.2) is 77.9 Å². The molecule has 2 aromatic heterocycles. The van der Waals surface area contributed by atoms with Gasteiger partial charge in [0.2, 0.25) is 0 Å². The molecule has 1 aliphatic carbocycles. The zero-order chi connectivity index (χ0) is 34.8. The molecule has 0 bridgehead atoms. The van der Waals surface area contributed by atoms with Crippen LogP contribution in [0.25, 0.3) is 38.8 Å². The van der Waals surface area contributed by atoms with Gasteiger partial charge in [-0.1, -0.05) is 101 Å². The topological polar surface area (TPSA) is 39.4 Å². The molecule has 2 atom stereocenters. The first-order valence-electron chi connectivity index (χ1n) is 17.4. The zero-order valence-electron chi connectivity index (χ0n) is 31.0. The van der Waals surface area contributed by atoms with Crippen LogP contribution in [0.3, 0.4) is 0 Å². The number of aromatic nitrogens is 2. The molecule has 0 spiro atoms. The van der Waals surface area contributed by atoms with Crippen molar-refractivity contribution in [3.05, 3.63) is 130 Å². The average Bonchev–Trinajstić information content (AvgIpc) is 3.56. The van der Waals surface area contributed by atoms with Gasteiger partial charge in [-0.2, -0.15) is 0 Å². The number of aliphatic imine (C=N–C) groups is 1. The van der Waals surface area contributed by atoms with Gasteiger partial charge in [-0.05, 0) is 89.8 Å². The molecule has 2 aliphatic rings. The van der Waals surface area contributed by atoms with E-state index in [1.807, 2.05) is 6.20 Å². The molecule has 5 heteroatoms. The molecule has 0 unspecified atom stereocenters. The van der Waals surface area contributed by atoms with Crippen LogP contribution < -0.4 is 0 Å². The van der Waals surface area contributed by atoms with Crippen molar-refractivity contribution >= 4 is 27.7 Å². The Morgan fingerprint density at radius 1 is 0.780 bits per heavy atom. The van der Waals surface area contributed by atoms with Crippen LogP contribution in [0.5, 0.6) is 0 Å². The van der Waals surface area contributed by atoms with Gasteiger partial charge in [-0.3, -0.25) is 4.99 Å². The number of benzene rings is 4. The SMILES string of the molecule is Cc1cc(C)c2c(c1)[C@@]1(C)N=C(c3[c-]c(-n4c5[c-]c(-c6cc(C(C)(C)C)ccn6)ccc5c5ccccc54)c(C)cc3C)O[C@@]1(C)C2(C)C.[Pt+2]. The summed E-state index contributed by atoms with van der Waals surface area (Å²) in [6.07, 6.45) is 1.91. The van der Waals surface area contributed by atoms with Gasteiger partial charge < -0.3 is 14.3 Å². The summed E-state index contributed by atoms with van der Waals surface area (Å²) >= 11 is 0. The largest absolute Gasteiger partial charge is 2.00 e. The predicted octanol–water partition coefficient (Wildman–Crippen LogP) is 10.7. The number of ether oxygens (including phenoxy) is 1. The summed E-state index contributed by atoms with van der Waals surface area (Å²) in [5, 5.41) is 2.33. The van der Waals surface area contributed by atoms with E-state index in [4.69, 9.17) is 14.7 Å². The Morgan fingerprint density at radius 2 is 1.52 bits per heavy atom. The molecule has 3 heterocycles. The minimum absolute atomic E-state index is 0. The summed E-state index contributed by atoms with van der Waals surface area (Å²) in [7, 11) is 0. The minimum atomic E-state index is -0.564. The molecular weight excluding hydrogens is 794 g/mol. The van der Waals surface area contributed by atoms with E-state index in [2.05, 4.69) is 160 Å². The first-order chi connectivity index (χ1) is 23.0. The molecular formula is C45H45N3OPt. The number of aryl methyl sites for hydroxylation is 4. The van der Waals surface area contributed by atoms with Crippen molar-refractivity contribution in [2.75, 3.05) is 0 Å². The molecule has 4 nitrogen and oxygen atoms in total. The molecule has 4 aromatic carbocycles. The number of rotatable bonds is 3. The molecule has 0 saturated carbocycles. The van der Waals surface area contributed by atoms with Gasteiger partial charge in [0.05, 0.1) is 0 Å². The standard InChI is InChI=1S/C45H45N3O.Pt/c1-26-20-29(4)40-35(21-26)44(10)45(11,43(40,8)9)49-41(47-44)34-25-38(28(3)22-27(34)2)48-37-15-13-12-14-32(37)33-17-16-30(23-39(33)48)36-24-31(18-19-46-36)42(5,6)7;/h12-22,24H,1-11H3;/q-2;+2/t44-,45+;/m1./s1. The van der Waals surface area contributed by atoms with Crippen LogP contribution in [0.4, 0.5) is 0 Å². The van der Waals surface area contributed by atoms with Gasteiger partial charge in [-0.25, -0.2) is 0 Å². The van der Waals surface area contributed by atoms with E-state index in [0.29, 0.717) is 5.90 Å². The van der Waals surface area contributed by atoms with Gasteiger partial charge in [0.25, 0.3) is 0 Å². The maximum atomic E-state index is 7.13. The van der Waals surface area contributed by atoms with Crippen LogP contribution in [0.2, 0.25) is 0 Å². The molecule has 50 heavy (non-hydrogen) atoms. The third kappa shape index (κ3) is 4.67. The molecule has 0 amide bonds. The molecule has 0 fully saturated rings. The first-order valence-corrected chi connectivity index (χ1v) is 17.4. The summed E-state index contributed by atoms with van der Waals surface area (Å²) in [6, 6.07) is 31.8. The van der Waals surface area contributed by atoms with Crippen molar-refractivity contribution in [1.82, 2.24) is 9.55 Å². The van der Waals surface area contributed by atoms with Gasteiger partial charge >= 0.3 is 21.1 Å². The Bertz CT molecular complexity index is 2410. The smallest absolute Gasteiger partial charge is 0.510 e. The fourth-order valence-electron chi connectivity index (χ4n) is 8.76. The third-order valence-electron chi connectivity index (χ3n) is 11.7. The predicted molar refractivity (Wildman–Crippen MR) is 202 cm³/mol. The van der Waals surface area contributed by atoms with Gasteiger partial charge in [0.15, 0.2) is 0 Å². The molecule has 0 saturated heterocycles. The second-order valence-corrected chi connectivity index (χ2v) is 16.3. The van der Waals surface area contributed by atoms with E-state index >= 15 is 0 Å². The maximum Gasteiger partial charge on any atom is 2.00 e. The Balaban J connectivity index is 0.00000392. The molecule has 256 valence electrons. The van der Waals surface area contributed by atoms with Crippen molar-refractivity contribution in [3.63, 3.8) is 0 Å².